The van der Waals surface area contributed by atoms with E-state index in [4.69, 9.17) is 5.11 Å². The van der Waals surface area contributed by atoms with Crippen molar-refractivity contribution in [1.82, 2.24) is 0 Å². The highest BCUT2D eigenvalue weighted by atomic mass is 16.3. The highest BCUT2D eigenvalue weighted by Gasteiger charge is 2.38. The van der Waals surface area contributed by atoms with Crippen LogP contribution in [0, 0.1) is 5.41 Å². The number of hydrogen-bond acceptors (Lipinski definition) is 3. The van der Waals surface area contributed by atoms with Gasteiger partial charge in [0.25, 0.3) is 0 Å². The third-order valence-corrected chi connectivity index (χ3v) is 3.82. The molecule has 0 saturated heterocycles. The molecule has 0 aliphatic heterocycles. The summed E-state index contributed by atoms with van der Waals surface area (Å²) in [5, 5.41) is 28.8. The van der Waals surface area contributed by atoms with Crippen LogP contribution in [0.1, 0.15) is 34.1 Å². The predicted molar refractivity (Wildman–Crippen MR) is 73.1 cm³/mol. The first kappa shape index (κ1) is 15.2. The van der Waals surface area contributed by atoms with E-state index in [2.05, 4.69) is 0 Å². The van der Waals surface area contributed by atoms with Crippen LogP contribution in [0.5, 0.6) is 0 Å². The van der Waals surface area contributed by atoms with Crippen molar-refractivity contribution in [3.05, 3.63) is 34.9 Å². The monoisotopic (exact) mass is 252 g/mol. The van der Waals surface area contributed by atoms with Crippen molar-refractivity contribution < 1.29 is 15.3 Å². The summed E-state index contributed by atoms with van der Waals surface area (Å²) in [4.78, 5) is 0. The molecule has 3 heteroatoms. The fourth-order valence-corrected chi connectivity index (χ4v) is 2.32. The van der Waals surface area contributed by atoms with Crippen LogP contribution in [0.4, 0.5) is 0 Å². The second-order valence-corrected chi connectivity index (χ2v) is 5.55. The third-order valence-electron chi connectivity index (χ3n) is 3.82. The van der Waals surface area contributed by atoms with Gasteiger partial charge in [0.1, 0.15) is 0 Å². The van der Waals surface area contributed by atoms with Gasteiger partial charge in [0, 0.05) is 11.8 Å². The first-order chi connectivity index (χ1) is 8.30. The van der Waals surface area contributed by atoms with Crippen LogP contribution in [0.2, 0.25) is 0 Å². The second-order valence-electron chi connectivity index (χ2n) is 5.55. The summed E-state index contributed by atoms with van der Waals surface area (Å²) < 4.78 is 0. The lowest BCUT2D eigenvalue weighted by molar-refractivity contribution is 0.0181. The first-order valence-electron chi connectivity index (χ1n) is 6.33. The maximum atomic E-state index is 10.1. The van der Waals surface area contributed by atoms with Crippen molar-refractivity contribution >= 4 is 0 Å². The van der Waals surface area contributed by atoms with Gasteiger partial charge in [-0.1, -0.05) is 37.6 Å². The van der Waals surface area contributed by atoms with E-state index in [-0.39, 0.29) is 12.0 Å². The molecule has 0 aromatic rings. The fourth-order valence-electron chi connectivity index (χ4n) is 2.32. The predicted octanol–water partition coefficient (Wildman–Crippen LogP) is 1.95. The summed E-state index contributed by atoms with van der Waals surface area (Å²) in [5.74, 6) is 0. The zero-order valence-corrected chi connectivity index (χ0v) is 11.6. The summed E-state index contributed by atoms with van der Waals surface area (Å²) in [6.07, 6.45) is 4.83. The van der Waals surface area contributed by atoms with Crippen molar-refractivity contribution in [3.8, 4) is 0 Å². The molecular formula is C15H24O3. The van der Waals surface area contributed by atoms with Gasteiger partial charge in [0.15, 0.2) is 0 Å². The minimum absolute atomic E-state index is 0.0167. The summed E-state index contributed by atoms with van der Waals surface area (Å²) in [5.41, 5.74) is 2.49. The molecule has 1 rings (SSSR count). The van der Waals surface area contributed by atoms with Crippen LogP contribution in [0.25, 0.3) is 0 Å². The topological polar surface area (TPSA) is 60.7 Å². The fraction of sp³-hybridized carbons (Fsp3) is 0.600. The zero-order chi connectivity index (χ0) is 13.9. The molecular weight excluding hydrogens is 228 g/mol. The Morgan fingerprint density at radius 1 is 1.39 bits per heavy atom. The Balaban J connectivity index is 3.09. The Bertz CT molecular complexity index is 389. The number of rotatable bonds is 3. The summed E-state index contributed by atoms with van der Waals surface area (Å²) in [7, 11) is 0. The van der Waals surface area contributed by atoms with Gasteiger partial charge in [-0.2, -0.15) is 0 Å². The summed E-state index contributed by atoms with van der Waals surface area (Å²) in [6, 6.07) is 0. The highest BCUT2D eigenvalue weighted by Crippen LogP contribution is 2.41. The van der Waals surface area contributed by atoms with E-state index in [9.17, 15) is 10.2 Å². The molecule has 0 fully saturated rings. The highest BCUT2D eigenvalue weighted by molar-refractivity contribution is 5.38. The van der Waals surface area contributed by atoms with Crippen LogP contribution in [0.3, 0.4) is 0 Å². The molecule has 3 N–H and O–H groups in total. The molecule has 0 amide bonds. The van der Waals surface area contributed by atoms with Crippen molar-refractivity contribution in [2.45, 2.75) is 46.3 Å². The molecule has 0 unspecified atom stereocenters. The lowest BCUT2D eigenvalue weighted by Crippen LogP contribution is -2.40. The number of aliphatic hydroxyl groups excluding tert-OH is 3. The average molecular weight is 252 g/mol. The summed E-state index contributed by atoms with van der Waals surface area (Å²) >= 11 is 0. The van der Waals surface area contributed by atoms with Crippen molar-refractivity contribution in [3.63, 3.8) is 0 Å². The molecule has 0 saturated carbocycles. The van der Waals surface area contributed by atoms with Gasteiger partial charge in [0.2, 0.25) is 0 Å². The van der Waals surface area contributed by atoms with Crippen LogP contribution >= 0.6 is 0 Å². The number of allylic oxidation sites excluding steroid dienone is 3. The molecule has 0 aromatic heterocycles. The third kappa shape index (κ3) is 3.10. The molecule has 2 atom stereocenters. The molecule has 18 heavy (non-hydrogen) atoms. The summed E-state index contributed by atoms with van der Waals surface area (Å²) in [6.45, 7) is 7.80. The minimum Gasteiger partial charge on any atom is -0.392 e. The molecule has 1 aliphatic carbocycles. The van der Waals surface area contributed by atoms with Crippen LogP contribution < -0.4 is 0 Å². The van der Waals surface area contributed by atoms with Gasteiger partial charge < -0.3 is 15.3 Å². The van der Waals surface area contributed by atoms with E-state index in [0.717, 1.165) is 16.7 Å². The SMILES string of the molecule is CC1=C(/C=C/C(C)=C/CO)C(C)(C)[C@H](O)C[C@@H]1O. The Morgan fingerprint density at radius 3 is 2.56 bits per heavy atom. The van der Waals surface area contributed by atoms with E-state index in [0.29, 0.717) is 6.42 Å². The molecule has 0 radical (unpaired) electrons. The van der Waals surface area contributed by atoms with Gasteiger partial charge in [-0.15, -0.1) is 0 Å². The van der Waals surface area contributed by atoms with Crippen molar-refractivity contribution in [1.29, 1.82) is 0 Å². The maximum Gasteiger partial charge on any atom is 0.0778 e. The van der Waals surface area contributed by atoms with E-state index in [1.165, 1.54) is 0 Å². The lowest BCUT2D eigenvalue weighted by atomic mass is 9.69. The maximum absolute atomic E-state index is 10.1. The lowest BCUT2D eigenvalue weighted by Gasteiger charge is -2.39. The van der Waals surface area contributed by atoms with Crippen LogP contribution in [-0.4, -0.2) is 34.1 Å². The first-order valence-corrected chi connectivity index (χ1v) is 6.33. The standard InChI is InChI=1S/C15H24O3/c1-10(7-8-16)5-6-12-11(2)13(17)9-14(18)15(12,3)4/h5-7,13-14,16-18H,8-9H2,1-4H3/b6-5+,10-7+/t13-,14+/m0/s1. The molecule has 0 aromatic carbocycles. The van der Waals surface area contributed by atoms with Gasteiger partial charge >= 0.3 is 0 Å². The molecule has 0 bridgehead atoms. The Kier molecular flexibility index (Phi) is 4.91. The van der Waals surface area contributed by atoms with Crippen LogP contribution in [-0.2, 0) is 0 Å². The molecule has 1 aliphatic rings. The van der Waals surface area contributed by atoms with Gasteiger partial charge in [0.05, 0.1) is 18.8 Å². The van der Waals surface area contributed by atoms with Crippen molar-refractivity contribution in [2.24, 2.45) is 5.41 Å². The van der Waals surface area contributed by atoms with E-state index in [1.807, 2.05) is 39.8 Å². The average Bonchev–Trinajstić information content (AvgIpc) is 2.27. The normalized spacial score (nSPS) is 29.2. The zero-order valence-electron chi connectivity index (χ0n) is 11.6. The van der Waals surface area contributed by atoms with Crippen LogP contribution in [0.15, 0.2) is 34.9 Å². The molecule has 0 spiro atoms. The van der Waals surface area contributed by atoms with Crippen molar-refractivity contribution in [2.75, 3.05) is 6.61 Å². The van der Waals surface area contributed by atoms with E-state index < -0.39 is 12.2 Å². The second kappa shape index (κ2) is 5.83. The van der Waals surface area contributed by atoms with Gasteiger partial charge in [-0.05, 0) is 25.0 Å². The van der Waals surface area contributed by atoms with Gasteiger partial charge in [-0.25, -0.2) is 0 Å². The number of hydrogen-bond donors (Lipinski definition) is 3. The molecule has 3 nitrogen and oxygen atoms in total. The smallest absolute Gasteiger partial charge is 0.0778 e. The Morgan fingerprint density at radius 2 is 2.00 bits per heavy atom. The number of aliphatic hydroxyl groups is 3. The molecule has 0 heterocycles. The van der Waals surface area contributed by atoms with E-state index in [1.54, 1.807) is 6.08 Å². The van der Waals surface area contributed by atoms with E-state index >= 15 is 0 Å². The quantitative estimate of drug-likeness (QED) is 0.673. The largest absolute Gasteiger partial charge is 0.392 e. The Hall–Kier alpha value is -0.900. The Labute approximate surface area is 109 Å². The minimum atomic E-state index is -0.574. The molecule has 102 valence electrons. The van der Waals surface area contributed by atoms with Gasteiger partial charge in [-0.3, -0.25) is 0 Å².